The molecule has 92 valence electrons. The van der Waals surface area contributed by atoms with Gasteiger partial charge >= 0.3 is 0 Å². The van der Waals surface area contributed by atoms with E-state index in [4.69, 9.17) is 9.47 Å². The number of benzene rings is 1. The Kier molecular flexibility index (Phi) is 2.93. The predicted octanol–water partition coefficient (Wildman–Crippen LogP) is 2.17. The molecule has 1 atom stereocenters. The van der Waals surface area contributed by atoms with E-state index < -0.39 is 0 Å². The normalized spacial score (nSPS) is 31.2. The lowest BCUT2D eigenvalue weighted by molar-refractivity contribution is -0.00783. The number of rotatable bonds is 3. The Labute approximate surface area is 102 Å². The van der Waals surface area contributed by atoms with Gasteiger partial charge in [-0.1, -0.05) is 6.07 Å². The second kappa shape index (κ2) is 4.57. The first-order valence-corrected chi connectivity index (χ1v) is 6.38. The van der Waals surface area contributed by atoms with Gasteiger partial charge in [-0.2, -0.15) is 0 Å². The molecule has 3 aliphatic heterocycles. The molecule has 3 aliphatic rings. The molecule has 0 N–H and O–H groups in total. The Bertz CT molecular complexity index is 386. The molecule has 0 saturated carbocycles. The zero-order valence-electron chi connectivity index (χ0n) is 10.3. The van der Waals surface area contributed by atoms with E-state index in [-0.39, 0.29) is 0 Å². The second-order valence-electron chi connectivity index (χ2n) is 4.97. The third-order valence-electron chi connectivity index (χ3n) is 3.92. The fraction of sp³-hybridized carbons (Fsp3) is 0.571. The molecule has 1 aromatic carbocycles. The lowest BCUT2D eigenvalue weighted by Gasteiger charge is -2.44. The smallest absolute Gasteiger partial charge is 0.123 e. The third kappa shape index (κ3) is 2.25. The number of methoxy groups -OCH3 is 1. The summed E-state index contributed by atoms with van der Waals surface area (Å²) in [4.78, 5) is 2.50. The molecule has 0 aliphatic carbocycles. The van der Waals surface area contributed by atoms with Gasteiger partial charge in [-0.15, -0.1) is 0 Å². The van der Waals surface area contributed by atoms with Gasteiger partial charge in [0.1, 0.15) is 17.6 Å². The average Bonchev–Trinajstić information content (AvgIpc) is 2.40. The molecule has 4 rings (SSSR count). The van der Waals surface area contributed by atoms with Crippen molar-refractivity contribution >= 4 is 0 Å². The zero-order valence-corrected chi connectivity index (χ0v) is 10.3. The van der Waals surface area contributed by atoms with Crippen molar-refractivity contribution < 1.29 is 9.47 Å². The third-order valence-corrected chi connectivity index (χ3v) is 3.92. The molecule has 0 aromatic heterocycles. The van der Waals surface area contributed by atoms with Gasteiger partial charge in [0.25, 0.3) is 0 Å². The Morgan fingerprint density at radius 1 is 1.18 bits per heavy atom. The molecule has 1 aromatic rings. The highest BCUT2D eigenvalue weighted by Gasteiger charge is 2.35. The zero-order chi connectivity index (χ0) is 11.7. The minimum atomic E-state index is 0.365. The van der Waals surface area contributed by atoms with Crippen molar-refractivity contribution in [2.24, 2.45) is 5.92 Å². The standard InChI is InChI=1S/C14H19NO2/c1-16-12-3-2-4-13(9-12)17-14-10-15-7-5-11(14)6-8-15/h2-4,9,11,14H,5-8,10H2,1H3. The maximum absolute atomic E-state index is 6.11. The minimum Gasteiger partial charge on any atom is -0.497 e. The molecule has 3 nitrogen and oxygen atoms in total. The van der Waals surface area contributed by atoms with Crippen LogP contribution in [0.25, 0.3) is 0 Å². The van der Waals surface area contributed by atoms with Gasteiger partial charge in [-0.25, -0.2) is 0 Å². The maximum Gasteiger partial charge on any atom is 0.123 e. The molecule has 0 spiro atoms. The van der Waals surface area contributed by atoms with Crippen molar-refractivity contribution in [3.63, 3.8) is 0 Å². The highest BCUT2D eigenvalue weighted by Crippen LogP contribution is 2.31. The fourth-order valence-corrected chi connectivity index (χ4v) is 2.89. The lowest BCUT2D eigenvalue weighted by Crippen LogP contribution is -2.52. The van der Waals surface area contributed by atoms with Crippen LogP contribution in [0.4, 0.5) is 0 Å². The topological polar surface area (TPSA) is 21.7 Å². The largest absolute Gasteiger partial charge is 0.497 e. The number of hydrogen-bond acceptors (Lipinski definition) is 3. The van der Waals surface area contributed by atoms with Crippen molar-refractivity contribution in [3.8, 4) is 11.5 Å². The molecule has 3 saturated heterocycles. The number of piperidine rings is 3. The van der Waals surface area contributed by atoms with E-state index in [2.05, 4.69) is 4.90 Å². The number of fused-ring (bicyclic) bond motifs is 3. The van der Waals surface area contributed by atoms with Gasteiger partial charge in [0, 0.05) is 12.6 Å². The van der Waals surface area contributed by atoms with E-state index in [1.54, 1.807) is 7.11 Å². The van der Waals surface area contributed by atoms with Crippen LogP contribution in [0.3, 0.4) is 0 Å². The van der Waals surface area contributed by atoms with Crippen molar-refractivity contribution in [2.75, 3.05) is 26.7 Å². The number of nitrogens with zero attached hydrogens (tertiary/aromatic N) is 1. The molecule has 1 unspecified atom stereocenters. The molecular formula is C14H19NO2. The average molecular weight is 233 g/mol. The van der Waals surface area contributed by atoms with E-state index in [1.807, 2.05) is 24.3 Å². The van der Waals surface area contributed by atoms with E-state index in [9.17, 15) is 0 Å². The van der Waals surface area contributed by atoms with Crippen LogP contribution >= 0.6 is 0 Å². The molecule has 2 bridgehead atoms. The number of hydrogen-bond donors (Lipinski definition) is 0. The van der Waals surface area contributed by atoms with Gasteiger partial charge in [0.05, 0.1) is 7.11 Å². The summed E-state index contributed by atoms with van der Waals surface area (Å²) >= 11 is 0. The molecule has 3 fully saturated rings. The summed E-state index contributed by atoms with van der Waals surface area (Å²) in [6.07, 6.45) is 2.94. The molecule has 3 heteroatoms. The highest BCUT2D eigenvalue weighted by molar-refractivity contribution is 5.33. The first-order valence-electron chi connectivity index (χ1n) is 6.38. The summed E-state index contributed by atoms with van der Waals surface area (Å²) in [6.45, 7) is 3.59. The van der Waals surface area contributed by atoms with E-state index >= 15 is 0 Å². The molecule has 0 radical (unpaired) electrons. The summed E-state index contributed by atoms with van der Waals surface area (Å²) in [5, 5.41) is 0. The monoisotopic (exact) mass is 233 g/mol. The summed E-state index contributed by atoms with van der Waals surface area (Å²) in [5.74, 6) is 2.54. The van der Waals surface area contributed by atoms with Crippen LogP contribution in [0.2, 0.25) is 0 Å². The number of ether oxygens (including phenoxy) is 2. The predicted molar refractivity (Wildman–Crippen MR) is 66.6 cm³/mol. The summed E-state index contributed by atoms with van der Waals surface area (Å²) in [6, 6.07) is 7.91. The Hall–Kier alpha value is -1.22. The molecule has 17 heavy (non-hydrogen) atoms. The second-order valence-corrected chi connectivity index (χ2v) is 4.97. The Morgan fingerprint density at radius 2 is 1.94 bits per heavy atom. The summed E-state index contributed by atoms with van der Waals surface area (Å²) < 4.78 is 11.3. The fourth-order valence-electron chi connectivity index (χ4n) is 2.89. The van der Waals surface area contributed by atoms with E-state index in [0.29, 0.717) is 6.10 Å². The Morgan fingerprint density at radius 3 is 2.59 bits per heavy atom. The maximum atomic E-state index is 6.11. The summed E-state index contributed by atoms with van der Waals surface area (Å²) in [5.41, 5.74) is 0. The summed E-state index contributed by atoms with van der Waals surface area (Å²) in [7, 11) is 1.69. The molecule has 3 heterocycles. The minimum absolute atomic E-state index is 0.365. The first-order chi connectivity index (χ1) is 8.35. The van der Waals surface area contributed by atoms with Crippen LogP contribution in [0.5, 0.6) is 11.5 Å². The quantitative estimate of drug-likeness (QED) is 0.798. The Balaban J connectivity index is 1.70. The molecular weight excluding hydrogens is 214 g/mol. The van der Waals surface area contributed by atoms with Crippen LogP contribution in [0.15, 0.2) is 24.3 Å². The van der Waals surface area contributed by atoms with Gasteiger partial charge in [-0.3, -0.25) is 4.90 Å². The van der Waals surface area contributed by atoms with Crippen LogP contribution in [-0.2, 0) is 0 Å². The van der Waals surface area contributed by atoms with Crippen molar-refractivity contribution in [3.05, 3.63) is 24.3 Å². The van der Waals surface area contributed by atoms with Crippen LogP contribution in [0, 0.1) is 5.92 Å². The van der Waals surface area contributed by atoms with Gasteiger partial charge in [-0.05, 0) is 44.0 Å². The van der Waals surface area contributed by atoms with E-state index in [1.165, 1.54) is 25.9 Å². The van der Waals surface area contributed by atoms with Crippen molar-refractivity contribution in [1.82, 2.24) is 4.90 Å². The van der Waals surface area contributed by atoms with Crippen LogP contribution in [0.1, 0.15) is 12.8 Å². The van der Waals surface area contributed by atoms with Gasteiger partial charge < -0.3 is 9.47 Å². The molecule has 0 amide bonds. The van der Waals surface area contributed by atoms with Crippen LogP contribution < -0.4 is 9.47 Å². The van der Waals surface area contributed by atoms with Crippen molar-refractivity contribution in [1.29, 1.82) is 0 Å². The SMILES string of the molecule is COc1cccc(OC2CN3CCC2CC3)c1. The van der Waals surface area contributed by atoms with Crippen LogP contribution in [-0.4, -0.2) is 37.7 Å². The first kappa shape index (κ1) is 10.9. The van der Waals surface area contributed by atoms with Gasteiger partial charge in [0.2, 0.25) is 0 Å². The van der Waals surface area contributed by atoms with Crippen molar-refractivity contribution in [2.45, 2.75) is 18.9 Å². The highest BCUT2D eigenvalue weighted by atomic mass is 16.5. The van der Waals surface area contributed by atoms with E-state index in [0.717, 1.165) is 24.0 Å². The van der Waals surface area contributed by atoms with Gasteiger partial charge in [0.15, 0.2) is 0 Å². The lowest BCUT2D eigenvalue weighted by atomic mass is 9.86.